The monoisotopic (exact) mass is 263 g/mol. The average Bonchev–Trinajstić information content (AvgIpc) is 2.78. The lowest BCUT2D eigenvalue weighted by atomic mass is 9.99. The number of hydrogen-bond acceptors (Lipinski definition) is 2. The zero-order chi connectivity index (χ0) is 13.0. The molecule has 1 unspecified atom stereocenters. The molecule has 0 bridgehead atoms. The Bertz CT molecular complexity index is 489. The standard InChI is InChI=1S/C15H18ClNO/c1-3-9-17-15(14-8-10-18-11(14)2)12-4-6-13(16)7-5-12/h4-8,10,15,17H,3,9H2,1-2H3. The number of aryl methyl sites for hydroxylation is 1. The Labute approximate surface area is 113 Å². The van der Waals surface area contributed by atoms with Gasteiger partial charge >= 0.3 is 0 Å². The lowest BCUT2D eigenvalue weighted by molar-refractivity contribution is 0.517. The molecule has 3 heteroatoms. The first-order valence-corrected chi connectivity index (χ1v) is 6.63. The van der Waals surface area contributed by atoms with Crippen molar-refractivity contribution >= 4 is 11.6 Å². The zero-order valence-electron chi connectivity index (χ0n) is 10.7. The van der Waals surface area contributed by atoms with Gasteiger partial charge in [0.25, 0.3) is 0 Å². The minimum atomic E-state index is 0.168. The number of benzene rings is 1. The lowest BCUT2D eigenvalue weighted by Crippen LogP contribution is -2.23. The maximum Gasteiger partial charge on any atom is 0.105 e. The predicted octanol–water partition coefficient (Wildman–Crippen LogP) is 4.33. The van der Waals surface area contributed by atoms with Crippen molar-refractivity contribution in [3.8, 4) is 0 Å². The molecule has 0 saturated heterocycles. The fourth-order valence-electron chi connectivity index (χ4n) is 2.05. The number of halogens is 1. The highest BCUT2D eigenvalue weighted by Crippen LogP contribution is 2.26. The van der Waals surface area contributed by atoms with Crippen LogP contribution in [-0.4, -0.2) is 6.54 Å². The fraction of sp³-hybridized carbons (Fsp3) is 0.333. The topological polar surface area (TPSA) is 25.2 Å². The predicted molar refractivity (Wildman–Crippen MR) is 75.0 cm³/mol. The van der Waals surface area contributed by atoms with E-state index >= 15 is 0 Å². The Morgan fingerprint density at radius 1 is 1.22 bits per heavy atom. The van der Waals surface area contributed by atoms with Crippen LogP contribution in [0.4, 0.5) is 0 Å². The molecular formula is C15H18ClNO. The highest BCUT2D eigenvalue weighted by molar-refractivity contribution is 6.30. The van der Waals surface area contributed by atoms with E-state index < -0.39 is 0 Å². The number of hydrogen-bond donors (Lipinski definition) is 1. The van der Waals surface area contributed by atoms with Crippen molar-refractivity contribution in [2.45, 2.75) is 26.3 Å². The molecule has 96 valence electrons. The molecule has 0 aliphatic carbocycles. The van der Waals surface area contributed by atoms with Gasteiger partial charge in [0, 0.05) is 10.6 Å². The van der Waals surface area contributed by atoms with Crippen LogP contribution < -0.4 is 5.32 Å². The number of furan rings is 1. The smallest absolute Gasteiger partial charge is 0.105 e. The van der Waals surface area contributed by atoms with E-state index in [0.29, 0.717) is 0 Å². The van der Waals surface area contributed by atoms with E-state index in [-0.39, 0.29) is 6.04 Å². The van der Waals surface area contributed by atoms with Crippen LogP contribution in [0.25, 0.3) is 0 Å². The summed E-state index contributed by atoms with van der Waals surface area (Å²) in [4.78, 5) is 0. The molecule has 2 nitrogen and oxygen atoms in total. The Morgan fingerprint density at radius 2 is 1.94 bits per heavy atom. The second-order valence-corrected chi connectivity index (χ2v) is 4.81. The van der Waals surface area contributed by atoms with Crippen molar-refractivity contribution in [2.75, 3.05) is 6.54 Å². The van der Waals surface area contributed by atoms with Crippen molar-refractivity contribution in [3.63, 3.8) is 0 Å². The first kappa shape index (κ1) is 13.2. The van der Waals surface area contributed by atoms with Gasteiger partial charge in [0.2, 0.25) is 0 Å². The molecular weight excluding hydrogens is 246 g/mol. The molecule has 1 N–H and O–H groups in total. The Hall–Kier alpha value is -1.25. The molecule has 1 aromatic carbocycles. The fourth-order valence-corrected chi connectivity index (χ4v) is 2.17. The van der Waals surface area contributed by atoms with Crippen molar-refractivity contribution in [2.24, 2.45) is 0 Å². The van der Waals surface area contributed by atoms with E-state index in [0.717, 1.165) is 23.7 Å². The van der Waals surface area contributed by atoms with Gasteiger partial charge in [-0.1, -0.05) is 30.7 Å². The molecule has 0 aliphatic heterocycles. The molecule has 0 aliphatic rings. The molecule has 0 fully saturated rings. The summed E-state index contributed by atoms with van der Waals surface area (Å²) in [5.41, 5.74) is 2.39. The Balaban J connectivity index is 2.30. The molecule has 0 amide bonds. The van der Waals surface area contributed by atoms with E-state index in [1.165, 1.54) is 11.1 Å². The third-order valence-corrected chi connectivity index (χ3v) is 3.26. The molecule has 0 radical (unpaired) electrons. The largest absolute Gasteiger partial charge is 0.469 e. The summed E-state index contributed by atoms with van der Waals surface area (Å²) in [6, 6.07) is 10.2. The van der Waals surface area contributed by atoms with Gasteiger partial charge in [-0.05, 0) is 43.7 Å². The first-order valence-electron chi connectivity index (χ1n) is 6.25. The summed E-state index contributed by atoms with van der Waals surface area (Å²) >= 11 is 5.94. The third-order valence-electron chi connectivity index (χ3n) is 3.01. The van der Waals surface area contributed by atoms with Crippen molar-refractivity contribution in [1.82, 2.24) is 5.32 Å². The summed E-state index contributed by atoms with van der Waals surface area (Å²) in [6.45, 7) is 5.12. The summed E-state index contributed by atoms with van der Waals surface area (Å²) in [5.74, 6) is 0.957. The van der Waals surface area contributed by atoms with Crippen LogP contribution in [0.2, 0.25) is 5.02 Å². The third kappa shape index (κ3) is 2.95. The zero-order valence-corrected chi connectivity index (χ0v) is 11.5. The molecule has 0 saturated carbocycles. The minimum Gasteiger partial charge on any atom is -0.469 e. The quantitative estimate of drug-likeness (QED) is 0.869. The van der Waals surface area contributed by atoms with Crippen LogP contribution >= 0.6 is 11.6 Å². The van der Waals surface area contributed by atoms with Crippen LogP contribution in [0.3, 0.4) is 0 Å². The molecule has 18 heavy (non-hydrogen) atoms. The van der Waals surface area contributed by atoms with Gasteiger partial charge in [0.15, 0.2) is 0 Å². The van der Waals surface area contributed by atoms with Crippen LogP contribution in [0.5, 0.6) is 0 Å². The Kier molecular flexibility index (Phi) is 4.45. The highest BCUT2D eigenvalue weighted by Gasteiger charge is 2.17. The molecule has 1 aromatic heterocycles. The summed E-state index contributed by atoms with van der Waals surface area (Å²) in [7, 11) is 0. The summed E-state index contributed by atoms with van der Waals surface area (Å²) < 4.78 is 5.40. The van der Waals surface area contributed by atoms with E-state index in [2.05, 4.69) is 24.4 Å². The van der Waals surface area contributed by atoms with Crippen molar-refractivity contribution in [3.05, 3.63) is 58.5 Å². The summed E-state index contributed by atoms with van der Waals surface area (Å²) in [5, 5.41) is 4.31. The van der Waals surface area contributed by atoms with Crippen molar-refractivity contribution in [1.29, 1.82) is 0 Å². The molecule has 0 spiro atoms. The molecule has 2 rings (SSSR count). The van der Waals surface area contributed by atoms with Crippen molar-refractivity contribution < 1.29 is 4.42 Å². The van der Waals surface area contributed by atoms with Crippen LogP contribution in [-0.2, 0) is 0 Å². The average molecular weight is 264 g/mol. The minimum absolute atomic E-state index is 0.168. The van der Waals surface area contributed by atoms with Gasteiger partial charge in [-0.15, -0.1) is 0 Å². The number of nitrogens with one attached hydrogen (secondary N) is 1. The second-order valence-electron chi connectivity index (χ2n) is 4.37. The summed E-state index contributed by atoms with van der Waals surface area (Å²) in [6.07, 6.45) is 2.84. The van der Waals surface area contributed by atoms with Gasteiger partial charge in [-0.2, -0.15) is 0 Å². The highest BCUT2D eigenvalue weighted by atomic mass is 35.5. The van der Waals surface area contributed by atoms with Gasteiger partial charge < -0.3 is 9.73 Å². The molecule has 1 heterocycles. The van der Waals surface area contributed by atoms with Gasteiger partial charge in [-0.3, -0.25) is 0 Å². The maximum absolute atomic E-state index is 5.94. The lowest BCUT2D eigenvalue weighted by Gasteiger charge is -2.18. The molecule has 2 aromatic rings. The number of rotatable bonds is 5. The van der Waals surface area contributed by atoms with Gasteiger partial charge in [0.05, 0.1) is 12.3 Å². The van der Waals surface area contributed by atoms with Crippen LogP contribution in [0.15, 0.2) is 41.0 Å². The Morgan fingerprint density at radius 3 is 2.50 bits per heavy atom. The molecule has 1 atom stereocenters. The van der Waals surface area contributed by atoms with Crippen LogP contribution in [0.1, 0.15) is 36.3 Å². The van der Waals surface area contributed by atoms with E-state index in [4.69, 9.17) is 16.0 Å². The van der Waals surface area contributed by atoms with Gasteiger partial charge in [0.1, 0.15) is 5.76 Å². The SMILES string of the molecule is CCCNC(c1ccc(Cl)cc1)c1ccoc1C. The second kappa shape index (κ2) is 6.07. The van der Waals surface area contributed by atoms with Gasteiger partial charge in [-0.25, -0.2) is 0 Å². The van der Waals surface area contributed by atoms with E-state index in [9.17, 15) is 0 Å². The maximum atomic E-state index is 5.94. The van der Waals surface area contributed by atoms with E-state index in [1.54, 1.807) is 6.26 Å². The first-order chi connectivity index (χ1) is 8.72. The van der Waals surface area contributed by atoms with Crippen LogP contribution in [0, 0.1) is 6.92 Å². The normalized spacial score (nSPS) is 12.6. The van der Waals surface area contributed by atoms with E-state index in [1.807, 2.05) is 25.1 Å².